The third-order valence-corrected chi connectivity index (χ3v) is 4.97. The fourth-order valence-corrected chi connectivity index (χ4v) is 3.76. The Labute approximate surface area is 148 Å². The van der Waals surface area contributed by atoms with Gasteiger partial charge in [0, 0.05) is 16.2 Å². The van der Waals surface area contributed by atoms with Crippen LogP contribution in [0.3, 0.4) is 0 Å². The molecule has 0 saturated heterocycles. The number of rotatable bonds is 4. The number of hydrogen-bond donors (Lipinski definition) is 2. The fourth-order valence-electron chi connectivity index (χ4n) is 2.65. The number of benzene rings is 2. The molecule has 2 N–H and O–H groups in total. The maximum absolute atomic E-state index is 13.5. The molecule has 3 rings (SSSR count). The first-order valence-corrected chi connectivity index (χ1v) is 8.77. The molecule has 1 aliphatic heterocycles. The predicted octanol–water partition coefficient (Wildman–Crippen LogP) is 3.05. The van der Waals surface area contributed by atoms with Crippen LogP contribution in [0.5, 0.6) is 0 Å². The molecule has 25 heavy (non-hydrogen) atoms. The molecule has 0 fully saturated rings. The van der Waals surface area contributed by atoms with Crippen LogP contribution in [0.15, 0.2) is 47.4 Å². The minimum Gasteiger partial charge on any atom is -0.348 e. The van der Waals surface area contributed by atoms with E-state index in [2.05, 4.69) is 10.6 Å². The Morgan fingerprint density at radius 3 is 2.72 bits per heavy atom. The third-order valence-electron chi connectivity index (χ3n) is 3.84. The minimum absolute atomic E-state index is 0.147. The van der Waals surface area contributed by atoms with Gasteiger partial charge in [-0.3, -0.25) is 9.59 Å². The Hall–Kier alpha value is -2.41. The van der Waals surface area contributed by atoms with Crippen LogP contribution in [0.4, 0.5) is 8.78 Å². The van der Waals surface area contributed by atoms with Crippen LogP contribution in [-0.2, 0) is 4.79 Å². The van der Waals surface area contributed by atoms with Crippen molar-refractivity contribution in [2.75, 3.05) is 12.3 Å². The normalized spacial score (nSPS) is 16.0. The molecule has 1 unspecified atom stereocenters. The number of carbonyl (C=O) groups excluding carboxylic acids is 2. The highest BCUT2D eigenvalue weighted by molar-refractivity contribution is 7.99. The maximum atomic E-state index is 13.5. The summed E-state index contributed by atoms with van der Waals surface area (Å²) in [4.78, 5) is 25.0. The van der Waals surface area contributed by atoms with Gasteiger partial charge in [0.2, 0.25) is 5.91 Å². The van der Waals surface area contributed by atoms with Crippen LogP contribution in [0.2, 0.25) is 0 Å². The van der Waals surface area contributed by atoms with E-state index in [1.807, 2.05) is 0 Å². The maximum Gasteiger partial charge on any atom is 0.251 e. The van der Waals surface area contributed by atoms with E-state index in [4.69, 9.17) is 0 Å². The molecule has 0 radical (unpaired) electrons. The summed E-state index contributed by atoms with van der Waals surface area (Å²) in [5.41, 5.74) is 0.898. The number of fused-ring (bicyclic) bond motifs is 1. The molecule has 4 nitrogen and oxygen atoms in total. The van der Waals surface area contributed by atoms with Crippen molar-refractivity contribution in [3.8, 4) is 0 Å². The minimum atomic E-state index is -0.528. The zero-order valence-corrected chi connectivity index (χ0v) is 14.0. The second-order valence-electron chi connectivity index (χ2n) is 5.63. The second-order valence-corrected chi connectivity index (χ2v) is 6.77. The van der Waals surface area contributed by atoms with Crippen molar-refractivity contribution in [1.29, 1.82) is 0 Å². The Morgan fingerprint density at radius 2 is 1.92 bits per heavy atom. The molecule has 2 aromatic carbocycles. The highest BCUT2D eigenvalue weighted by atomic mass is 32.2. The number of halogens is 2. The van der Waals surface area contributed by atoms with Crippen LogP contribution in [0.1, 0.15) is 28.4 Å². The van der Waals surface area contributed by atoms with Crippen molar-refractivity contribution >= 4 is 23.6 Å². The highest BCUT2D eigenvalue weighted by Gasteiger charge is 2.23. The Balaban J connectivity index is 1.59. The molecule has 0 saturated carbocycles. The summed E-state index contributed by atoms with van der Waals surface area (Å²) in [6.45, 7) is -0.233. The Kier molecular flexibility index (Phi) is 5.33. The summed E-state index contributed by atoms with van der Waals surface area (Å²) in [5.74, 6) is -0.952. The molecule has 1 heterocycles. The van der Waals surface area contributed by atoms with Gasteiger partial charge in [-0.1, -0.05) is 6.07 Å². The van der Waals surface area contributed by atoms with E-state index >= 15 is 0 Å². The van der Waals surface area contributed by atoms with Crippen LogP contribution >= 0.6 is 11.8 Å². The number of thioether (sulfide) groups is 1. The summed E-state index contributed by atoms with van der Waals surface area (Å²) in [7, 11) is 0. The molecule has 0 aromatic heterocycles. The van der Waals surface area contributed by atoms with E-state index in [-0.39, 0.29) is 29.9 Å². The lowest BCUT2D eigenvalue weighted by atomic mass is 10.0. The Bertz CT molecular complexity index is 813. The summed E-state index contributed by atoms with van der Waals surface area (Å²) in [6, 6.07) is 9.48. The molecule has 0 spiro atoms. The van der Waals surface area contributed by atoms with Gasteiger partial charge in [-0.15, -0.1) is 11.8 Å². The lowest BCUT2D eigenvalue weighted by Crippen LogP contribution is -2.39. The third kappa shape index (κ3) is 4.36. The molecule has 130 valence electrons. The number of nitrogens with one attached hydrogen (secondary N) is 2. The Morgan fingerprint density at radius 1 is 1.12 bits per heavy atom. The van der Waals surface area contributed by atoms with E-state index < -0.39 is 11.7 Å². The summed E-state index contributed by atoms with van der Waals surface area (Å²) in [5, 5.41) is 5.27. The van der Waals surface area contributed by atoms with Crippen LogP contribution in [0.25, 0.3) is 0 Å². The smallest absolute Gasteiger partial charge is 0.251 e. The van der Waals surface area contributed by atoms with Crippen LogP contribution in [0, 0.1) is 11.6 Å². The molecule has 2 amide bonds. The van der Waals surface area contributed by atoms with Gasteiger partial charge in [0.05, 0.1) is 12.6 Å². The molecule has 2 aromatic rings. The lowest BCUT2D eigenvalue weighted by molar-refractivity contribution is -0.120. The van der Waals surface area contributed by atoms with Gasteiger partial charge in [0.25, 0.3) is 5.91 Å². The standard InChI is InChI=1S/C18H16F2N2O2S/c19-12-3-1-2-11(8-12)18(24)21-10-17(23)22-15-6-7-25-16-5-4-13(20)9-14(15)16/h1-5,8-9,15H,6-7,10H2,(H,21,24)(H,22,23). The number of hydrogen-bond acceptors (Lipinski definition) is 3. The predicted molar refractivity (Wildman–Crippen MR) is 91.4 cm³/mol. The van der Waals surface area contributed by atoms with Gasteiger partial charge < -0.3 is 10.6 Å². The summed E-state index contributed by atoms with van der Waals surface area (Å²) in [6.07, 6.45) is 0.685. The van der Waals surface area contributed by atoms with Gasteiger partial charge in [-0.2, -0.15) is 0 Å². The van der Waals surface area contributed by atoms with Crippen LogP contribution in [-0.4, -0.2) is 24.1 Å². The largest absolute Gasteiger partial charge is 0.348 e. The first-order chi connectivity index (χ1) is 12.0. The highest BCUT2D eigenvalue weighted by Crippen LogP contribution is 2.36. The zero-order valence-electron chi connectivity index (χ0n) is 13.2. The van der Waals surface area contributed by atoms with Crippen molar-refractivity contribution in [1.82, 2.24) is 10.6 Å². The first-order valence-electron chi connectivity index (χ1n) is 7.78. The van der Waals surface area contributed by atoms with Crippen molar-refractivity contribution in [3.05, 3.63) is 65.2 Å². The van der Waals surface area contributed by atoms with E-state index in [1.165, 1.54) is 30.3 Å². The summed E-state index contributed by atoms with van der Waals surface area (Å²) < 4.78 is 26.6. The van der Waals surface area contributed by atoms with Crippen molar-refractivity contribution < 1.29 is 18.4 Å². The average molecular weight is 362 g/mol. The topological polar surface area (TPSA) is 58.2 Å². The average Bonchev–Trinajstić information content (AvgIpc) is 2.60. The quantitative estimate of drug-likeness (QED) is 0.879. The van der Waals surface area contributed by atoms with Crippen LogP contribution < -0.4 is 10.6 Å². The van der Waals surface area contributed by atoms with Crippen molar-refractivity contribution in [2.24, 2.45) is 0 Å². The fraction of sp³-hybridized carbons (Fsp3) is 0.222. The number of amides is 2. The molecule has 0 aliphatic carbocycles. The van der Waals surface area contributed by atoms with Gasteiger partial charge in [-0.05, 0) is 48.4 Å². The zero-order chi connectivity index (χ0) is 17.8. The number of carbonyl (C=O) groups is 2. The van der Waals surface area contributed by atoms with Gasteiger partial charge in [0.1, 0.15) is 11.6 Å². The molecule has 1 aliphatic rings. The van der Waals surface area contributed by atoms with E-state index in [0.29, 0.717) is 6.42 Å². The van der Waals surface area contributed by atoms with Gasteiger partial charge in [-0.25, -0.2) is 8.78 Å². The monoisotopic (exact) mass is 362 g/mol. The van der Waals surface area contributed by atoms with Crippen molar-refractivity contribution in [3.63, 3.8) is 0 Å². The molecular formula is C18H16F2N2O2S. The van der Waals surface area contributed by atoms with Gasteiger partial charge in [0.15, 0.2) is 0 Å². The molecule has 7 heteroatoms. The molecular weight excluding hydrogens is 346 g/mol. The molecule has 1 atom stereocenters. The summed E-state index contributed by atoms with van der Waals surface area (Å²) >= 11 is 1.62. The van der Waals surface area contributed by atoms with E-state index in [0.717, 1.165) is 22.3 Å². The first kappa shape index (κ1) is 17.4. The second kappa shape index (κ2) is 7.65. The van der Waals surface area contributed by atoms with Gasteiger partial charge >= 0.3 is 0 Å². The van der Waals surface area contributed by atoms with E-state index in [1.54, 1.807) is 17.8 Å². The van der Waals surface area contributed by atoms with Crippen molar-refractivity contribution in [2.45, 2.75) is 17.4 Å². The lowest BCUT2D eigenvalue weighted by Gasteiger charge is -2.26. The van der Waals surface area contributed by atoms with E-state index in [9.17, 15) is 18.4 Å². The molecule has 0 bridgehead atoms. The SMILES string of the molecule is O=C(CNC(=O)c1cccc(F)c1)NC1CCSc2ccc(F)cc21.